The van der Waals surface area contributed by atoms with E-state index in [1.807, 2.05) is 0 Å². The van der Waals surface area contributed by atoms with E-state index in [4.69, 9.17) is 23.2 Å². The van der Waals surface area contributed by atoms with Crippen LogP contribution in [-0.4, -0.2) is 13.4 Å². The second-order valence-corrected chi connectivity index (χ2v) is 6.00. The number of sulfonamides is 1. The predicted octanol–water partition coefficient (Wildman–Crippen LogP) is 3.33. The van der Waals surface area contributed by atoms with Crippen LogP contribution < -0.4 is 4.72 Å². The fourth-order valence-corrected chi connectivity index (χ4v) is 2.82. The van der Waals surface area contributed by atoms with Crippen LogP contribution in [0, 0.1) is 5.82 Å². The molecule has 1 aromatic heterocycles. The zero-order chi connectivity index (χ0) is 14.0. The third-order valence-electron chi connectivity index (χ3n) is 2.20. The third kappa shape index (κ3) is 3.15. The summed E-state index contributed by atoms with van der Waals surface area (Å²) >= 11 is 11.2. The summed E-state index contributed by atoms with van der Waals surface area (Å²) in [6, 6.07) is 6.42. The van der Waals surface area contributed by atoms with Crippen molar-refractivity contribution in [3.63, 3.8) is 0 Å². The van der Waals surface area contributed by atoms with Gasteiger partial charge in [0.05, 0.1) is 15.6 Å². The molecule has 0 radical (unpaired) electrons. The van der Waals surface area contributed by atoms with Crippen molar-refractivity contribution in [1.82, 2.24) is 4.98 Å². The Bertz CT molecular complexity index is 722. The summed E-state index contributed by atoms with van der Waals surface area (Å²) < 4.78 is 39.7. The van der Waals surface area contributed by atoms with Crippen molar-refractivity contribution in [2.75, 3.05) is 4.72 Å². The molecule has 0 aliphatic rings. The Morgan fingerprint density at radius 2 is 1.95 bits per heavy atom. The van der Waals surface area contributed by atoms with Gasteiger partial charge in [0.15, 0.2) is 5.82 Å². The van der Waals surface area contributed by atoms with Crippen LogP contribution in [0.2, 0.25) is 10.2 Å². The van der Waals surface area contributed by atoms with Gasteiger partial charge in [0.25, 0.3) is 10.0 Å². The highest BCUT2D eigenvalue weighted by atomic mass is 35.5. The molecular weight excluding hydrogens is 314 g/mol. The predicted molar refractivity (Wildman–Crippen MR) is 71.5 cm³/mol. The second kappa shape index (κ2) is 5.32. The first-order valence-electron chi connectivity index (χ1n) is 4.98. The Morgan fingerprint density at radius 3 is 2.63 bits per heavy atom. The molecule has 0 atom stereocenters. The second-order valence-electron chi connectivity index (χ2n) is 3.52. The van der Waals surface area contributed by atoms with Crippen LogP contribution in [0.1, 0.15) is 0 Å². The number of benzene rings is 1. The number of rotatable bonds is 3. The minimum atomic E-state index is -3.95. The largest absolute Gasteiger partial charge is 0.277 e. The van der Waals surface area contributed by atoms with Crippen LogP contribution in [0.15, 0.2) is 41.4 Å². The molecule has 1 N–H and O–H groups in total. The van der Waals surface area contributed by atoms with Gasteiger partial charge in [-0.05, 0) is 24.3 Å². The van der Waals surface area contributed by atoms with E-state index in [9.17, 15) is 12.8 Å². The molecule has 0 saturated heterocycles. The lowest BCUT2D eigenvalue weighted by molar-refractivity contribution is 0.598. The minimum Gasteiger partial charge on any atom is -0.277 e. The third-order valence-corrected chi connectivity index (χ3v) is 4.07. The molecule has 8 heteroatoms. The van der Waals surface area contributed by atoms with Crippen LogP contribution in [0.25, 0.3) is 0 Å². The van der Waals surface area contributed by atoms with Crippen LogP contribution in [0.5, 0.6) is 0 Å². The summed E-state index contributed by atoms with van der Waals surface area (Å²) in [5.74, 6) is -0.840. The Morgan fingerprint density at radius 1 is 1.21 bits per heavy atom. The zero-order valence-electron chi connectivity index (χ0n) is 9.27. The number of nitrogens with one attached hydrogen (secondary N) is 1. The van der Waals surface area contributed by atoms with E-state index in [1.165, 1.54) is 30.5 Å². The lowest BCUT2D eigenvalue weighted by atomic mass is 10.3. The lowest BCUT2D eigenvalue weighted by Crippen LogP contribution is -2.14. The number of hydrogen-bond acceptors (Lipinski definition) is 3. The van der Waals surface area contributed by atoms with E-state index in [0.29, 0.717) is 0 Å². The molecule has 0 aliphatic carbocycles. The van der Waals surface area contributed by atoms with Crippen LogP contribution in [0.3, 0.4) is 0 Å². The van der Waals surface area contributed by atoms with E-state index in [1.54, 1.807) is 0 Å². The van der Waals surface area contributed by atoms with Gasteiger partial charge in [0, 0.05) is 6.20 Å². The van der Waals surface area contributed by atoms with Crippen LogP contribution in [-0.2, 0) is 10.0 Å². The molecule has 100 valence electrons. The standard InChI is InChI=1S/C11H7Cl2FN2O2S/c12-8-2-1-3-9(11(8)14)16-19(17,18)7-4-5-15-10(13)6-7/h1-6,16H. The minimum absolute atomic E-state index is 0.0226. The molecule has 0 bridgehead atoms. The van der Waals surface area contributed by atoms with E-state index in [0.717, 1.165) is 6.07 Å². The van der Waals surface area contributed by atoms with Gasteiger partial charge in [-0.3, -0.25) is 4.72 Å². The molecule has 0 spiro atoms. The van der Waals surface area contributed by atoms with Gasteiger partial charge in [-0.2, -0.15) is 0 Å². The first kappa shape index (κ1) is 14.0. The maximum Gasteiger partial charge on any atom is 0.262 e. The normalized spacial score (nSPS) is 11.3. The van der Waals surface area contributed by atoms with Gasteiger partial charge in [-0.1, -0.05) is 29.3 Å². The fraction of sp³-hybridized carbons (Fsp3) is 0. The smallest absolute Gasteiger partial charge is 0.262 e. The molecule has 0 unspecified atom stereocenters. The molecular formula is C11H7Cl2FN2O2S. The molecule has 19 heavy (non-hydrogen) atoms. The highest BCUT2D eigenvalue weighted by Crippen LogP contribution is 2.24. The molecule has 2 rings (SSSR count). The Labute approximate surface area is 119 Å². The van der Waals surface area contributed by atoms with Crippen molar-refractivity contribution < 1.29 is 12.8 Å². The molecule has 4 nitrogen and oxygen atoms in total. The average molecular weight is 321 g/mol. The van der Waals surface area contributed by atoms with Crippen molar-refractivity contribution in [3.8, 4) is 0 Å². The molecule has 0 aliphatic heterocycles. The first-order chi connectivity index (χ1) is 8.90. The zero-order valence-corrected chi connectivity index (χ0v) is 11.6. The molecule has 1 heterocycles. The lowest BCUT2D eigenvalue weighted by Gasteiger charge is -2.09. The van der Waals surface area contributed by atoms with Gasteiger partial charge < -0.3 is 0 Å². The SMILES string of the molecule is O=S(=O)(Nc1cccc(Cl)c1F)c1ccnc(Cl)c1. The Balaban J connectivity index is 2.39. The van der Waals surface area contributed by atoms with E-state index in [-0.39, 0.29) is 20.8 Å². The number of aromatic nitrogens is 1. The van der Waals surface area contributed by atoms with E-state index < -0.39 is 15.8 Å². The quantitative estimate of drug-likeness (QED) is 0.882. The fourth-order valence-electron chi connectivity index (χ4n) is 1.34. The number of nitrogens with zero attached hydrogens (tertiary/aromatic N) is 1. The topological polar surface area (TPSA) is 59.1 Å². The summed E-state index contributed by atoms with van der Waals surface area (Å²) in [6.45, 7) is 0. The highest BCUT2D eigenvalue weighted by Gasteiger charge is 2.17. The van der Waals surface area contributed by atoms with Crippen molar-refractivity contribution >= 4 is 38.9 Å². The van der Waals surface area contributed by atoms with Crippen LogP contribution >= 0.6 is 23.2 Å². The summed E-state index contributed by atoms with van der Waals surface area (Å²) in [5, 5.41) is -0.151. The number of pyridine rings is 1. The Kier molecular flexibility index (Phi) is 3.93. The van der Waals surface area contributed by atoms with Gasteiger partial charge in [-0.25, -0.2) is 17.8 Å². The van der Waals surface area contributed by atoms with Gasteiger partial charge in [0.1, 0.15) is 5.15 Å². The monoisotopic (exact) mass is 320 g/mol. The number of hydrogen-bond donors (Lipinski definition) is 1. The summed E-state index contributed by atoms with van der Waals surface area (Å²) in [7, 11) is -3.95. The van der Waals surface area contributed by atoms with E-state index >= 15 is 0 Å². The number of anilines is 1. The molecule has 2 aromatic rings. The molecule has 0 saturated carbocycles. The maximum absolute atomic E-state index is 13.6. The number of halogens is 3. The van der Waals surface area contributed by atoms with Gasteiger partial charge >= 0.3 is 0 Å². The summed E-state index contributed by atoms with van der Waals surface area (Å²) in [6.07, 6.45) is 1.24. The molecule has 0 fully saturated rings. The van der Waals surface area contributed by atoms with Crippen molar-refractivity contribution in [2.45, 2.75) is 4.90 Å². The van der Waals surface area contributed by atoms with Gasteiger partial charge in [-0.15, -0.1) is 0 Å². The van der Waals surface area contributed by atoms with Gasteiger partial charge in [0.2, 0.25) is 0 Å². The Hall–Kier alpha value is -1.37. The molecule has 1 aromatic carbocycles. The van der Waals surface area contributed by atoms with Crippen molar-refractivity contribution in [3.05, 3.63) is 52.5 Å². The van der Waals surface area contributed by atoms with E-state index in [2.05, 4.69) is 9.71 Å². The van der Waals surface area contributed by atoms with Crippen LogP contribution in [0.4, 0.5) is 10.1 Å². The molecule has 0 amide bonds. The van der Waals surface area contributed by atoms with Crippen molar-refractivity contribution in [2.24, 2.45) is 0 Å². The summed E-state index contributed by atoms with van der Waals surface area (Å²) in [4.78, 5) is 3.55. The van der Waals surface area contributed by atoms with Crippen molar-refractivity contribution in [1.29, 1.82) is 0 Å². The highest BCUT2D eigenvalue weighted by molar-refractivity contribution is 7.92. The maximum atomic E-state index is 13.6. The first-order valence-corrected chi connectivity index (χ1v) is 7.22. The summed E-state index contributed by atoms with van der Waals surface area (Å²) in [5.41, 5.74) is -0.236. The average Bonchev–Trinajstić information content (AvgIpc) is 2.35.